The van der Waals surface area contributed by atoms with Crippen molar-refractivity contribution in [2.75, 3.05) is 14.1 Å². The van der Waals surface area contributed by atoms with Crippen LogP contribution in [-0.2, 0) is 6.42 Å². The Kier molecular flexibility index (Phi) is 5.23. The lowest BCUT2D eigenvalue weighted by molar-refractivity contribution is 0.186. The lowest BCUT2D eigenvalue weighted by Gasteiger charge is -2.29. The molecule has 5 nitrogen and oxygen atoms in total. The van der Waals surface area contributed by atoms with Gasteiger partial charge in [0.25, 0.3) is 0 Å². The topological polar surface area (TPSA) is 57.8 Å². The minimum absolute atomic E-state index is 0.0616. The number of halogens is 3. The van der Waals surface area contributed by atoms with Crippen molar-refractivity contribution in [3.8, 4) is 0 Å². The van der Waals surface area contributed by atoms with Crippen molar-refractivity contribution < 1.29 is 5.21 Å². The molecule has 3 aromatic rings. The SMILES string of the molecule is CN(C)/N=C1\CC(c2ccc(Cl)cc2Cl)Cc2c1c(=O)c1cc(Cl)ccc1n2O. The smallest absolute Gasteiger partial charge is 0.199 e. The van der Waals surface area contributed by atoms with Gasteiger partial charge in [0.15, 0.2) is 5.43 Å². The first-order valence-electron chi connectivity index (χ1n) is 9.02. The molecule has 1 heterocycles. The summed E-state index contributed by atoms with van der Waals surface area (Å²) in [6, 6.07) is 10.2. The van der Waals surface area contributed by atoms with Gasteiger partial charge in [-0.05, 0) is 54.7 Å². The molecule has 0 bridgehead atoms. The van der Waals surface area contributed by atoms with Crippen LogP contribution in [0.4, 0.5) is 0 Å². The van der Waals surface area contributed by atoms with E-state index in [4.69, 9.17) is 34.8 Å². The summed E-state index contributed by atoms with van der Waals surface area (Å²) in [5.74, 6) is -0.0616. The maximum Gasteiger partial charge on any atom is 0.199 e. The second-order valence-electron chi connectivity index (χ2n) is 7.29. The molecule has 0 saturated heterocycles. The van der Waals surface area contributed by atoms with Crippen LogP contribution < -0.4 is 5.43 Å². The van der Waals surface area contributed by atoms with Gasteiger partial charge in [-0.2, -0.15) is 9.83 Å². The van der Waals surface area contributed by atoms with Gasteiger partial charge in [0.05, 0.1) is 27.9 Å². The summed E-state index contributed by atoms with van der Waals surface area (Å²) >= 11 is 18.6. The second-order valence-corrected chi connectivity index (χ2v) is 8.57. The third-order valence-electron chi connectivity index (χ3n) is 5.09. The van der Waals surface area contributed by atoms with Gasteiger partial charge in [0.2, 0.25) is 0 Å². The molecule has 1 N–H and O–H groups in total. The van der Waals surface area contributed by atoms with Gasteiger partial charge in [0.1, 0.15) is 0 Å². The highest BCUT2D eigenvalue weighted by Gasteiger charge is 2.32. The average Bonchev–Trinajstić information content (AvgIpc) is 2.65. The number of hydrazone groups is 1. The van der Waals surface area contributed by atoms with Crippen molar-refractivity contribution in [1.82, 2.24) is 9.74 Å². The first kappa shape index (κ1) is 20.1. The van der Waals surface area contributed by atoms with E-state index in [0.717, 1.165) is 10.3 Å². The highest BCUT2D eigenvalue weighted by atomic mass is 35.5. The minimum Gasteiger partial charge on any atom is -0.428 e. The molecule has 4 rings (SSSR count). The van der Waals surface area contributed by atoms with E-state index in [1.54, 1.807) is 49.4 Å². The Morgan fingerprint density at radius 3 is 2.45 bits per heavy atom. The quantitative estimate of drug-likeness (QED) is 0.431. The Balaban J connectivity index is 1.98. The molecule has 0 saturated carbocycles. The van der Waals surface area contributed by atoms with E-state index in [9.17, 15) is 10.0 Å². The number of rotatable bonds is 2. The first-order valence-corrected chi connectivity index (χ1v) is 10.2. The van der Waals surface area contributed by atoms with Crippen LogP contribution in [0, 0.1) is 0 Å². The Labute approximate surface area is 182 Å². The number of hydrogen-bond donors (Lipinski definition) is 1. The Morgan fingerprint density at radius 2 is 1.76 bits per heavy atom. The standard InChI is InChI=1S/C21H18Cl3N3O2/c1-26(2)25-17-7-11(14-5-3-13(23)10-16(14)24)8-19-20(17)21(28)15-9-12(22)4-6-18(15)27(19)29/h3-6,9-11,29H,7-8H2,1-2H3/b25-17+. The predicted molar refractivity (Wildman–Crippen MR) is 118 cm³/mol. The van der Waals surface area contributed by atoms with Crippen molar-refractivity contribution in [1.29, 1.82) is 0 Å². The summed E-state index contributed by atoms with van der Waals surface area (Å²) in [6.07, 6.45) is 0.946. The minimum atomic E-state index is -0.191. The molecule has 1 aromatic heterocycles. The highest BCUT2D eigenvalue weighted by Crippen LogP contribution is 2.37. The lowest BCUT2D eigenvalue weighted by Crippen LogP contribution is -2.32. The zero-order valence-electron chi connectivity index (χ0n) is 15.8. The third kappa shape index (κ3) is 3.59. The normalized spacial score (nSPS) is 17.6. The van der Waals surface area contributed by atoms with Gasteiger partial charge in [-0.15, -0.1) is 0 Å². The van der Waals surface area contributed by atoms with E-state index in [-0.39, 0.29) is 11.3 Å². The van der Waals surface area contributed by atoms with Crippen LogP contribution in [-0.4, -0.2) is 34.8 Å². The van der Waals surface area contributed by atoms with Crippen LogP contribution in [0.1, 0.15) is 29.2 Å². The van der Waals surface area contributed by atoms with E-state index in [1.807, 2.05) is 6.07 Å². The van der Waals surface area contributed by atoms with Crippen LogP contribution in [0.5, 0.6) is 0 Å². The fourth-order valence-electron chi connectivity index (χ4n) is 3.90. The summed E-state index contributed by atoms with van der Waals surface area (Å²) in [7, 11) is 3.59. The number of nitrogens with zero attached hydrogens (tertiary/aromatic N) is 3. The molecule has 150 valence electrons. The Hall–Kier alpha value is -2.21. The molecule has 2 aromatic carbocycles. The fourth-order valence-corrected chi connectivity index (χ4v) is 4.64. The molecule has 1 unspecified atom stereocenters. The summed E-state index contributed by atoms with van der Waals surface area (Å²) in [5, 5.41) is 19.0. The second kappa shape index (κ2) is 7.56. The van der Waals surface area contributed by atoms with Gasteiger partial charge in [-0.3, -0.25) is 4.79 Å². The molecular formula is C21H18Cl3N3O2. The monoisotopic (exact) mass is 449 g/mol. The van der Waals surface area contributed by atoms with Crippen LogP contribution in [0.2, 0.25) is 15.1 Å². The van der Waals surface area contributed by atoms with Gasteiger partial charge in [0, 0.05) is 29.2 Å². The number of pyridine rings is 1. The van der Waals surface area contributed by atoms with Crippen LogP contribution in [0.15, 0.2) is 46.3 Å². The van der Waals surface area contributed by atoms with Crippen molar-refractivity contribution in [2.24, 2.45) is 5.10 Å². The summed E-state index contributed by atoms with van der Waals surface area (Å²) < 4.78 is 1.07. The predicted octanol–water partition coefficient (Wildman–Crippen LogP) is 5.19. The van der Waals surface area contributed by atoms with Crippen LogP contribution in [0.3, 0.4) is 0 Å². The molecule has 0 amide bonds. The third-order valence-corrected chi connectivity index (χ3v) is 5.89. The van der Waals surface area contributed by atoms with E-state index < -0.39 is 0 Å². The molecule has 1 aliphatic carbocycles. The number of hydrogen-bond acceptors (Lipinski definition) is 4. The molecule has 0 radical (unpaired) electrons. The van der Waals surface area contributed by atoms with E-state index in [0.29, 0.717) is 55.8 Å². The Bertz CT molecular complexity index is 1220. The molecule has 1 aliphatic rings. The van der Waals surface area contributed by atoms with E-state index >= 15 is 0 Å². The van der Waals surface area contributed by atoms with Gasteiger partial charge in [-0.25, -0.2) is 0 Å². The number of fused-ring (bicyclic) bond motifs is 2. The largest absolute Gasteiger partial charge is 0.428 e. The van der Waals surface area contributed by atoms with Gasteiger partial charge >= 0.3 is 0 Å². The van der Waals surface area contributed by atoms with Gasteiger partial charge < -0.3 is 10.2 Å². The maximum atomic E-state index is 13.3. The fraction of sp³-hybridized carbons (Fsp3) is 0.238. The zero-order chi connectivity index (χ0) is 20.9. The van der Waals surface area contributed by atoms with E-state index in [1.165, 1.54) is 0 Å². The Morgan fingerprint density at radius 1 is 1.07 bits per heavy atom. The van der Waals surface area contributed by atoms with Crippen molar-refractivity contribution in [3.05, 3.63) is 78.5 Å². The number of aromatic nitrogens is 1. The van der Waals surface area contributed by atoms with Crippen molar-refractivity contribution in [3.63, 3.8) is 0 Å². The zero-order valence-corrected chi connectivity index (χ0v) is 18.1. The van der Waals surface area contributed by atoms with Crippen LogP contribution in [0.25, 0.3) is 10.9 Å². The molecule has 8 heteroatoms. The lowest BCUT2D eigenvalue weighted by atomic mass is 9.80. The highest BCUT2D eigenvalue weighted by molar-refractivity contribution is 6.35. The first-order chi connectivity index (χ1) is 13.8. The van der Waals surface area contributed by atoms with Crippen molar-refractivity contribution >= 4 is 51.4 Å². The van der Waals surface area contributed by atoms with E-state index in [2.05, 4.69) is 5.10 Å². The summed E-state index contributed by atoms with van der Waals surface area (Å²) in [5.41, 5.74) is 2.64. The molecule has 29 heavy (non-hydrogen) atoms. The van der Waals surface area contributed by atoms with Gasteiger partial charge in [-0.1, -0.05) is 40.9 Å². The molecule has 0 aliphatic heterocycles. The average molecular weight is 451 g/mol. The van der Waals surface area contributed by atoms with Crippen molar-refractivity contribution in [2.45, 2.75) is 18.8 Å². The summed E-state index contributed by atoms with van der Waals surface area (Å²) in [4.78, 5) is 13.3. The molecular weight excluding hydrogens is 433 g/mol. The summed E-state index contributed by atoms with van der Waals surface area (Å²) in [6.45, 7) is 0. The van der Waals surface area contributed by atoms with Crippen LogP contribution >= 0.6 is 34.8 Å². The molecule has 0 spiro atoms. The molecule has 1 atom stereocenters. The molecule has 0 fully saturated rings. The maximum absolute atomic E-state index is 13.3. The number of benzene rings is 2.